The lowest BCUT2D eigenvalue weighted by atomic mass is 10.2. The molecule has 0 radical (unpaired) electrons. The number of amides is 1. The van der Waals surface area contributed by atoms with E-state index in [0.717, 1.165) is 16.5 Å². The molecule has 0 spiro atoms. The summed E-state index contributed by atoms with van der Waals surface area (Å²) in [5, 5.41) is 15.2. The molecule has 0 saturated carbocycles. The number of nitrogens with zero attached hydrogens (tertiary/aromatic N) is 3. The Bertz CT molecular complexity index is 848. The summed E-state index contributed by atoms with van der Waals surface area (Å²) in [6.45, 7) is 1.25. The SMILES string of the molecule is O=C(CCn1ncc2cc(Cl)ccc21)N(CCO)Cc1ccccc1. The van der Waals surface area contributed by atoms with Gasteiger partial charge in [-0.05, 0) is 23.8 Å². The second kappa shape index (κ2) is 8.14. The summed E-state index contributed by atoms with van der Waals surface area (Å²) in [5.41, 5.74) is 2.00. The van der Waals surface area contributed by atoms with E-state index in [0.29, 0.717) is 31.1 Å². The van der Waals surface area contributed by atoms with Crippen molar-refractivity contribution in [2.75, 3.05) is 13.2 Å². The van der Waals surface area contributed by atoms with Gasteiger partial charge in [-0.1, -0.05) is 41.9 Å². The second-order valence-electron chi connectivity index (χ2n) is 5.85. The van der Waals surface area contributed by atoms with E-state index in [4.69, 9.17) is 11.6 Å². The summed E-state index contributed by atoms with van der Waals surface area (Å²) in [4.78, 5) is 14.3. The number of hydrogen-bond acceptors (Lipinski definition) is 3. The molecule has 0 atom stereocenters. The number of hydrogen-bond donors (Lipinski definition) is 1. The van der Waals surface area contributed by atoms with Gasteiger partial charge in [-0.15, -0.1) is 0 Å². The lowest BCUT2D eigenvalue weighted by molar-refractivity contribution is -0.132. The van der Waals surface area contributed by atoms with Gasteiger partial charge in [0.1, 0.15) is 0 Å². The van der Waals surface area contributed by atoms with E-state index in [-0.39, 0.29) is 12.5 Å². The number of benzene rings is 2. The van der Waals surface area contributed by atoms with Crippen LogP contribution in [0.25, 0.3) is 10.9 Å². The first-order valence-corrected chi connectivity index (χ1v) is 8.59. The number of fused-ring (bicyclic) bond motifs is 1. The Morgan fingerprint density at radius 1 is 1.20 bits per heavy atom. The molecule has 1 N–H and O–H groups in total. The Hall–Kier alpha value is -2.37. The van der Waals surface area contributed by atoms with Crippen LogP contribution >= 0.6 is 11.6 Å². The van der Waals surface area contributed by atoms with Crippen LogP contribution in [0.1, 0.15) is 12.0 Å². The van der Waals surface area contributed by atoms with Crippen LogP contribution in [0.3, 0.4) is 0 Å². The minimum absolute atomic E-state index is 0.00415. The summed E-state index contributed by atoms with van der Waals surface area (Å²) < 4.78 is 1.81. The van der Waals surface area contributed by atoms with E-state index in [1.807, 2.05) is 53.2 Å². The topological polar surface area (TPSA) is 58.4 Å². The molecule has 0 bridgehead atoms. The molecule has 2 aromatic carbocycles. The Balaban J connectivity index is 1.66. The molecule has 5 nitrogen and oxygen atoms in total. The molecular formula is C19H20ClN3O2. The van der Waals surface area contributed by atoms with Crippen molar-refractivity contribution in [2.45, 2.75) is 19.5 Å². The average molecular weight is 358 g/mol. The zero-order valence-electron chi connectivity index (χ0n) is 13.8. The molecule has 25 heavy (non-hydrogen) atoms. The van der Waals surface area contributed by atoms with Crippen LogP contribution in [0.15, 0.2) is 54.7 Å². The smallest absolute Gasteiger partial charge is 0.224 e. The molecule has 0 aliphatic heterocycles. The summed E-state index contributed by atoms with van der Waals surface area (Å²) in [7, 11) is 0. The van der Waals surface area contributed by atoms with Gasteiger partial charge in [0.2, 0.25) is 5.91 Å². The Morgan fingerprint density at radius 3 is 2.76 bits per heavy atom. The minimum atomic E-state index is -0.0538. The normalized spacial score (nSPS) is 11.0. The molecule has 130 valence electrons. The summed E-state index contributed by atoms with van der Waals surface area (Å²) in [6, 6.07) is 15.4. The van der Waals surface area contributed by atoms with Crippen molar-refractivity contribution in [3.63, 3.8) is 0 Å². The van der Waals surface area contributed by atoms with Gasteiger partial charge in [0.15, 0.2) is 0 Å². The summed E-state index contributed by atoms with van der Waals surface area (Å²) >= 11 is 5.99. The third kappa shape index (κ3) is 4.38. The molecule has 6 heteroatoms. The third-order valence-corrected chi connectivity index (χ3v) is 4.32. The molecular weight excluding hydrogens is 338 g/mol. The number of aryl methyl sites for hydroxylation is 1. The van der Waals surface area contributed by atoms with Crippen molar-refractivity contribution >= 4 is 28.4 Å². The maximum absolute atomic E-state index is 12.6. The molecule has 0 saturated heterocycles. The van der Waals surface area contributed by atoms with E-state index in [1.165, 1.54) is 0 Å². The highest BCUT2D eigenvalue weighted by Gasteiger charge is 2.14. The predicted octanol–water partition coefficient (Wildman–Crippen LogP) is 3.10. The van der Waals surface area contributed by atoms with Crippen LogP contribution in [-0.4, -0.2) is 38.8 Å². The van der Waals surface area contributed by atoms with Crippen molar-refractivity contribution in [1.29, 1.82) is 0 Å². The highest BCUT2D eigenvalue weighted by Crippen LogP contribution is 2.19. The largest absolute Gasteiger partial charge is 0.395 e. The van der Waals surface area contributed by atoms with Crippen LogP contribution in [-0.2, 0) is 17.9 Å². The lowest BCUT2D eigenvalue weighted by Gasteiger charge is -2.22. The fourth-order valence-corrected chi connectivity index (χ4v) is 2.99. The number of aromatic nitrogens is 2. The quantitative estimate of drug-likeness (QED) is 0.706. The number of carbonyl (C=O) groups is 1. The fourth-order valence-electron chi connectivity index (χ4n) is 2.81. The van der Waals surface area contributed by atoms with Crippen molar-refractivity contribution in [1.82, 2.24) is 14.7 Å². The van der Waals surface area contributed by atoms with Crippen molar-refractivity contribution in [2.24, 2.45) is 0 Å². The van der Waals surface area contributed by atoms with Gasteiger partial charge in [0, 0.05) is 29.9 Å². The van der Waals surface area contributed by atoms with Crippen LogP contribution in [0.2, 0.25) is 5.02 Å². The zero-order chi connectivity index (χ0) is 17.6. The Morgan fingerprint density at radius 2 is 2.00 bits per heavy atom. The molecule has 0 unspecified atom stereocenters. The fraction of sp³-hybridized carbons (Fsp3) is 0.263. The monoisotopic (exact) mass is 357 g/mol. The van der Waals surface area contributed by atoms with Gasteiger partial charge in [-0.2, -0.15) is 5.10 Å². The van der Waals surface area contributed by atoms with Crippen molar-refractivity contribution in [3.05, 3.63) is 65.3 Å². The molecule has 0 aliphatic rings. The van der Waals surface area contributed by atoms with E-state index in [1.54, 1.807) is 11.1 Å². The predicted molar refractivity (Wildman–Crippen MR) is 98.3 cm³/mol. The molecule has 0 fully saturated rings. The third-order valence-electron chi connectivity index (χ3n) is 4.08. The summed E-state index contributed by atoms with van der Waals surface area (Å²) in [5.74, 6) is -0.00415. The molecule has 1 heterocycles. The van der Waals surface area contributed by atoms with E-state index in [2.05, 4.69) is 5.10 Å². The minimum Gasteiger partial charge on any atom is -0.395 e. The Labute approximate surface area is 151 Å². The second-order valence-corrected chi connectivity index (χ2v) is 6.28. The van der Waals surface area contributed by atoms with Crippen LogP contribution < -0.4 is 0 Å². The van der Waals surface area contributed by atoms with Gasteiger partial charge in [-0.3, -0.25) is 9.48 Å². The molecule has 0 aliphatic carbocycles. The van der Waals surface area contributed by atoms with Gasteiger partial charge in [0.05, 0.1) is 24.9 Å². The highest BCUT2D eigenvalue weighted by atomic mass is 35.5. The first kappa shape index (κ1) is 17.5. The van der Waals surface area contributed by atoms with E-state index >= 15 is 0 Å². The maximum atomic E-state index is 12.6. The first-order valence-electron chi connectivity index (χ1n) is 8.21. The molecule has 3 aromatic rings. The number of aliphatic hydroxyl groups is 1. The zero-order valence-corrected chi connectivity index (χ0v) is 14.6. The molecule has 3 rings (SSSR count). The lowest BCUT2D eigenvalue weighted by Crippen LogP contribution is -2.33. The number of aliphatic hydroxyl groups excluding tert-OH is 1. The van der Waals surface area contributed by atoms with E-state index < -0.39 is 0 Å². The first-order chi connectivity index (χ1) is 12.2. The van der Waals surface area contributed by atoms with E-state index in [9.17, 15) is 9.90 Å². The van der Waals surface area contributed by atoms with Crippen LogP contribution in [0.5, 0.6) is 0 Å². The Kier molecular flexibility index (Phi) is 5.68. The highest BCUT2D eigenvalue weighted by molar-refractivity contribution is 6.31. The molecule has 1 aromatic heterocycles. The van der Waals surface area contributed by atoms with Gasteiger partial charge in [0.25, 0.3) is 0 Å². The standard InChI is InChI=1S/C19H20ClN3O2/c20-17-6-7-18-16(12-17)13-21-23(18)9-8-19(25)22(10-11-24)14-15-4-2-1-3-5-15/h1-7,12-13,24H,8-11,14H2. The van der Waals surface area contributed by atoms with Crippen molar-refractivity contribution < 1.29 is 9.90 Å². The average Bonchev–Trinajstić information content (AvgIpc) is 3.02. The summed E-state index contributed by atoms with van der Waals surface area (Å²) in [6.07, 6.45) is 2.08. The maximum Gasteiger partial charge on any atom is 0.224 e. The van der Waals surface area contributed by atoms with Gasteiger partial charge in [-0.25, -0.2) is 0 Å². The number of halogens is 1. The van der Waals surface area contributed by atoms with Gasteiger partial charge < -0.3 is 10.0 Å². The van der Waals surface area contributed by atoms with Crippen LogP contribution in [0.4, 0.5) is 0 Å². The van der Waals surface area contributed by atoms with Gasteiger partial charge >= 0.3 is 0 Å². The number of rotatable bonds is 7. The molecule has 1 amide bonds. The van der Waals surface area contributed by atoms with Crippen molar-refractivity contribution in [3.8, 4) is 0 Å². The van der Waals surface area contributed by atoms with Crippen LogP contribution in [0, 0.1) is 0 Å². The number of carbonyl (C=O) groups excluding carboxylic acids is 1.